The van der Waals surface area contributed by atoms with Gasteiger partial charge in [0, 0.05) is 25.1 Å². The SMILES string of the molecule is CCc1ccc(C2/C(=C(\O)c3nc4c(C)cccn4c3C)C(=O)C(=O)N2Cc2cccnc2)cc1. The van der Waals surface area contributed by atoms with Crippen LogP contribution in [-0.4, -0.2) is 36.1 Å². The predicted molar refractivity (Wildman–Crippen MR) is 133 cm³/mol. The number of aryl methyl sites for hydroxylation is 3. The molecule has 1 saturated heterocycles. The molecule has 1 unspecified atom stereocenters. The summed E-state index contributed by atoms with van der Waals surface area (Å²) >= 11 is 0. The Bertz CT molecular complexity index is 1470. The van der Waals surface area contributed by atoms with Gasteiger partial charge in [-0.15, -0.1) is 0 Å². The summed E-state index contributed by atoms with van der Waals surface area (Å²) in [5, 5.41) is 11.5. The highest BCUT2D eigenvalue weighted by molar-refractivity contribution is 6.46. The number of benzene rings is 1. The van der Waals surface area contributed by atoms with Crippen LogP contribution in [0.5, 0.6) is 0 Å². The second-order valence-corrected chi connectivity index (χ2v) is 8.81. The minimum absolute atomic E-state index is 0.0484. The number of nitrogens with zero attached hydrogens (tertiary/aromatic N) is 4. The van der Waals surface area contributed by atoms with E-state index in [1.165, 1.54) is 4.90 Å². The second-order valence-electron chi connectivity index (χ2n) is 8.81. The number of hydrogen-bond acceptors (Lipinski definition) is 5. The van der Waals surface area contributed by atoms with Gasteiger partial charge in [0.25, 0.3) is 11.7 Å². The van der Waals surface area contributed by atoms with Gasteiger partial charge in [0.1, 0.15) is 11.3 Å². The predicted octanol–water partition coefficient (Wildman–Crippen LogP) is 4.53. The average molecular weight is 467 g/mol. The van der Waals surface area contributed by atoms with Crippen LogP contribution in [0.25, 0.3) is 11.4 Å². The smallest absolute Gasteiger partial charge is 0.295 e. The minimum Gasteiger partial charge on any atom is -0.505 e. The van der Waals surface area contributed by atoms with Crippen LogP contribution < -0.4 is 0 Å². The summed E-state index contributed by atoms with van der Waals surface area (Å²) in [4.78, 5) is 36.9. The number of likely N-dealkylation sites (tertiary alicyclic amines) is 1. The molecule has 1 aliphatic rings. The highest BCUT2D eigenvalue weighted by Gasteiger charge is 2.46. The van der Waals surface area contributed by atoms with Crippen LogP contribution in [0.4, 0.5) is 0 Å². The van der Waals surface area contributed by atoms with Gasteiger partial charge in [-0.1, -0.05) is 43.3 Å². The molecule has 1 N–H and O–H groups in total. The molecule has 1 atom stereocenters. The van der Waals surface area contributed by atoms with Gasteiger partial charge in [-0.25, -0.2) is 4.98 Å². The van der Waals surface area contributed by atoms with E-state index in [9.17, 15) is 14.7 Å². The highest BCUT2D eigenvalue weighted by Crippen LogP contribution is 2.40. The van der Waals surface area contributed by atoms with Crippen LogP contribution in [0.2, 0.25) is 0 Å². The molecule has 0 spiro atoms. The third kappa shape index (κ3) is 3.79. The van der Waals surface area contributed by atoms with E-state index in [-0.39, 0.29) is 17.9 Å². The van der Waals surface area contributed by atoms with E-state index in [0.29, 0.717) is 17.0 Å². The van der Waals surface area contributed by atoms with Crippen LogP contribution >= 0.6 is 0 Å². The molecule has 1 amide bonds. The normalized spacial score (nSPS) is 17.5. The average Bonchev–Trinajstić information content (AvgIpc) is 3.35. The van der Waals surface area contributed by atoms with Crippen molar-refractivity contribution in [1.29, 1.82) is 0 Å². The summed E-state index contributed by atoms with van der Waals surface area (Å²) in [7, 11) is 0. The first-order valence-corrected chi connectivity index (χ1v) is 11.6. The third-order valence-electron chi connectivity index (χ3n) is 6.63. The molecule has 1 aromatic carbocycles. The zero-order valence-electron chi connectivity index (χ0n) is 19.9. The number of fused-ring (bicyclic) bond motifs is 1. The molecule has 4 heterocycles. The van der Waals surface area contributed by atoms with Crippen molar-refractivity contribution >= 4 is 23.1 Å². The first-order valence-electron chi connectivity index (χ1n) is 11.6. The van der Waals surface area contributed by atoms with Crippen molar-refractivity contribution in [1.82, 2.24) is 19.3 Å². The van der Waals surface area contributed by atoms with Gasteiger partial charge in [-0.05, 0) is 54.7 Å². The maximum absolute atomic E-state index is 13.4. The van der Waals surface area contributed by atoms with Gasteiger partial charge < -0.3 is 14.4 Å². The number of rotatable bonds is 5. The Morgan fingerprint density at radius 1 is 1.03 bits per heavy atom. The maximum atomic E-state index is 13.4. The molecule has 7 nitrogen and oxygen atoms in total. The largest absolute Gasteiger partial charge is 0.505 e. The summed E-state index contributed by atoms with van der Waals surface area (Å²) in [6.07, 6.45) is 6.07. The summed E-state index contributed by atoms with van der Waals surface area (Å²) in [6.45, 7) is 6.04. The molecule has 176 valence electrons. The van der Waals surface area contributed by atoms with Crippen molar-refractivity contribution in [3.8, 4) is 0 Å². The van der Waals surface area contributed by atoms with Crippen molar-refractivity contribution in [2.75, 3.05) is 0 Å². The lowest BCUT2D eigenvalue weighted by Gasteiger charge is -2.25. The van der Waals surface area contributed by atoms with Crippen molar-refractivity contribution in [3.63, 3.8) is 0 Å². The Morgan fingerprint density at radius 2 is 1.80 bits per heavy atom. The van der Waals surface area contributed by atoms with Crippen molar-refractivity contribution in [2.45, 2.75) is 39.8 Å². The van der Waals surface area contributed by atoms with Gasteiger partial charge in [-0.2, -0.15) is 0 Å². The fourth-order valence-electron chi connectivity index (χ4n) is 4.69. The fourth-order valence-corrected chi connectivity index (χ4v) is 4.69. The summed E-state index contributed by atoms with van der Waals surface area (Å²) in [6, 6.07) is 14.6. The number of carbonyl (C=O) groups excluding carboxylic acids is 2. The third-order valence-corrected chi connectivity index (χ3v) is 6.63. The minimum atomic E-state index is -0.744. The lowest BCUT2D eigenvalue weighted by Crippen LogP contribution is -2.29. The van der Waals surface area contributed by atoms with Crippen molar-refractivity contribution in [2.24, 2.45) is 0 Å². The van der Waals surface area contributed by atoms with Gasteiger partial charge in [-0.3, -0.25) is 14.6 Å². The number of aromatic nitrogens is 3. The van der Waals surface area contributed by atoms with E-state index in [1.807, 2.05) is 66.9 Å². The van der Waals surface area contributed by atoms with Crippen LogP contribution in [-0.2, 0) is 22.6 Å². The van der Waals surface area contributed by atoms with Crippen molar-refractivity contribution in [3.05, 3.63) is 106 Å². The van der Waals surface area contributed by atoms with Crippen molar-refractivity contribution < 1.29 is 14.7 Å². The zero-order valence-corrected chi connectivity index (χ0v) is 19.9. The second kappa shape index (κ2) is 8.83. The molecule has 0 aliphatic carbocycles. The van der Waals surface area contributed by atoms with E-state index < -0.39 is 17.7 Å². The first-order chi connectivity index (χ1) is 16.9. The zero-order chi connectivity index (χ0) is 24.7. The number of amides is 1. The number of hydrogen-bond donors (Lipinski definition) is 1. The Balaban J connectivity index is 1.70. The highest BCUT2D eigenvalue weighted by atomic mass is 16.3. The number of Topliss-reactive ketones (excluding diaryl/α,β-unsaturated/α-hetero) is 1. The number of imidazole rings is 1. The molecular formula is C28H26N4O3. The Kier molecular flexibility index (Phi) is 5.68. The lowest BCUT2D eigenvalue weighted by molar-refractivity contribution is -0.140. The lowest BCUT2D eigenvalue weighted by atomic mass is 9.95. The topological polar surface area (TPSA) is 87.8 Å². The molecule has 4 aromatic rings. The van der Waals surface area contributed by atoms with E-state index in [2.05, 4.69) is 16.9 Å². The monoisotopic (exact) mass is 466 g/mol. The molecule has 3 aromatic heterocycles. The number of carbonyl (C=O) groups is 2. The Labute approximate surface area is 203 Å². The van der Waals surface area contributed by atoms with Crippen LogP contribution in [0.15, 0.2) is 72.7 Å². The molecule has 5 rings (SSSR count). The Morgan fingerprint density at radius 3 is 2.46 bits per heavy atom. The standard InChI is InChI=1S/C28H26N4O3/c1-4-19-9-11-21(12-10-19)24-22(26(34)28(35)32(24)16-20-8-5-13-29-15-20)25(33)23-18(3)31-14-6-7-17(2)27(31)30-23/h5-15,24,33H,4,16H2,1-3H3/b25-22+. The van der Waals surface area contributed by atoms with E-state index in [4.69, 9.17) is 0 Å². The molecular weight excluding hydrogens is 440 g/mol. The van der Waals surface area contributed by atoms with E-state index >= 15 is 0 Å². The number of aliphatic hydroxyl groups is 1. The molecule has 35 heavy (non-hydrogen) atoms. The van der Waals surface area contributed by atoms with Crippen LogP contribution in [0.3, 0.4) is 0 Å². The molecule has 7 heteroatoms. The molecule has 0 saturated carbocycles. The summed E-state index contributed by atoms with van der Waals surface area (Å²) in [5.41, 5.74) is 5.37. The number of pyridine rings is 2. The number of ketones is 1. The maximum Gasteiger partial charge on any atom is 0.295 e. The Hall–Kier alpha value is -4.26. The summed E-state index contributed by atoms with van der Waals surface area (Å²) in [5.74, 6) is -1.64. The van der Waals surface area contributed by atoms with E-state index in [1.54, 1.807) is 18.5 Å². The van der Waals surface area contributed by atoms with Gasteiger partial charge in [0.15, 0.2) is 5.76 Å². The van der Waals surface area contributed by atoms with Gasteiger partial charge in [0.05, 0.1) is 17.3 Å². The van der Waals surface area contributed by atoms with Crippen LogP contribution in [0.1, 0.15) is 46.6 Å². The van der Waals surface area contributed by atoms with Crippen LogP contribution in [0, 0.1) is 13.8 Å². The fraction of sp³-hybridized carbons (Fsp3) is 0.214. The van der Waals surface area contributed by atoms with Gasteiger partial charge >= 0.3 is 0 Å². The molecule has 0 radical (unpaired) electrons. The molecule has 0 bridgehead atoms. The number of aliphatic hydroxyl groups excluding tert-OH is 1. The van der Waals surface area contributed by atoms with Gasteiger partial charge in [0.2, 0.25) is 0 Å². The summed E-state index contributed by atoms with van der Waals surface area (Å²) < 4.78 is 1.88. The van der Waals surface area contributed by atoms with E-state index in [0.717, 1.165) is 28.7 Å². The first kappa shape index (κ1) is 22.5. The quantitative estimate of drug-likeness (QED) is 0.265. The molecule has 1 fully saturated rings. The molecule has 1 aliphatic heterocycles.